The van der Waals surface area contributed by atoms with Crippen LogP contribution in [0.15, 0.2) is 48.5 Å². The molecular weight excluding hydrogens is 448 g/mol. The molecule has 2 aromatic carbocycles. The van der Waals surface area contributed by atoms with E-state index in [2.05, 4.69) is 34.9 Å². The number of rotatable bonds is 8. The summed E-state index contributed by atoms with van der Waals surface area (Å²) < 4.78 is 11.2. The molecule has 2 amide bonds. The molecule has 0 saturated carbocycles. The fourth-order valence-electron chi connectivity index (χ4n) is 4.96. The fraction of sp³-hybridized carbons (Fsp3) is 0.444. The van der Waals surface area contributed by atoms with Crippen molar-refractivity contribution < 1.29 is 29.0 Å². The highest BCUT2D eigenvalue weighted by Crippen LogP contribution is 2.44. The van der Waals surface area contributed by atoms with Gasteiger partial charge in [-0.2, -0.15) is 0 Å². The molecule has 8 nitrogen and oxygen atoms in total. The van der Waals surface area contributed by atoms with E-state index >= 15 is 0 Å². The van der Waals surface area contributed by atoms with Gasteiger partial charge in [-0.15, -0.1) is 0 Å². The molecule has 35 heavy (non-hydrogen) atoms. The predicted molar refractivity (Wildman–Crippen MR) is 130 cm³/mol. The lowest BCUT2D eigenvalue weighted by atomic mass is 9.92. The van der Waals surface area contributed by atoms with Crippen molar-refractivity contribution in [3.63, 3.8) is 0 Å². The fourth-order valence-corrected chi connectivity index (χ4v) is 4.96. The normalized spacial score (nSPS) is 20.0. The first-order valence-corrected chi connectivity index (χ1v) is 12.1. The van der Waals surface area contributed by atoms with Crippen LogP contribution < -0.4 is 10.6 Å². The van der Waals surface area contributed by atoms with E-state index in [1.54, 1.807) is 13.8 Å². The molecular formula is C27H32N2O6. The number of carbonyl (C=O) groups is 3. The molecule has 8 heteroatoms. The second kappa shape index (κ2) is 10.9. The van der Waals surface area contributed by atoms with Crippen molar-refractivity contribution in [2.24, 2.45) is 11.8 Å². The number of aliphatic carboxylic acids is 1. The lowest BCUT2D eigenvalue weighted by Gasteiger charge is -2.32. The van der Waals surface area contributed by atoms with E-state index in [4.69, 9.17) is 9.47 Å². The Morgan fingerprint density at radius 1 is 1.06 bits per heavy atom. The molecule has 3 N–H and O–H groups in total. The maximum atomic E-state index is 12.7. The number of amides is 2. The Labute approximate surface area is 205 Å². The van der Waals surface area contributed by atoms with Crippen molar-refractivity contribution in [1.82, 2.24) is 10.6 Å². The van der Waals surface area contributed by atoms with Gasteiger partial charge in [-0.1, -0.05) is 62.4 Å². The summed E-state index contributed by atoms with van der Waals surface area (Å²) >= 11 is 0. The van der Waals surface area contributed by atoms with Gasteiger partial charge in [0.15, 0.2) is 0 Å². The number of carboxylic acids is 1. The Morgan fingerprint density at radius 3 is 2.29 bits per heavy atom. The van der Waals surface area contributed by atoms with Crippen LogP contribution in [0.4, 0.5) is 4.79 Å². The highest BCUT2D eigenvalue weighted by molar-refractivity contribution is 5.84. The molecule has 186 valence electrons. The third kappa shape index (κ3) is 5.65. The van der Waals surface area contributed by atoms with E-state index in [0.717, 1.165) is 22.3 Å². The van der Waals surface area contributed by atoms with Crippen molar-refractivity contribution >= 4 is 18.0 Å². The van der Waals surface area contributed by atoms with Crippen LogP contribution in [0.5, 0.6) is 0 Å². The molecule has 2 aromatic rings. The van der Waals surface area contributed by atoms with Gasteiger partial charge in [-0.3, -0.25) is 4.79 Å². The van der Waals surface area contributed by atoms with E-state index < -0.39 is 18.1 Å². The molecule has 2 aliphatic rings. The number of alkyl carbamates (subject to hydrolysis) is 1. The van der Waals surface area contributed by atoms with Crippen LogP contribution in [0.25, 0.3) is 11.1 Å². The van der Waals surface area contributed by atoms with Gasteiger partial charge >= 0.3 is 12.1 Å². The molecule has 3 unspecified atom stereocenters. The molecule has 4 rings (SSSR count). The maximum Gasteiger partial charge on any atom is 0.407 e. The number of benzene rings is 2. The highest BCUT2D eigenvalue weighted by atomic mass is 16.5. The number of carboxylic acid groups (broad SMARTS) is 1. The maximum absolute atomic E-state index is 12.7. The van der Waals surface area contributed by atoms with Gasteiger partial charge in [0.1, 0.15) is 12.6 Å². The second-order valence-electron chi connectivity index (χ2n) is 9.53. The Hall–Kier alpha value is -3.39. The molecule has 0 bridgehead atoms. The number of ether oxygens (including phenoxy) is 2. The van der Waals surface area contributed by atoms with Gasteiger partial charge in [0.25, 0.3) is 0 Å². The number of hydrogen-bond donors (Lipinski definition) is 3. The smallest absolute Gasteiger partial charge is 0.407 e. The Kier molecular flexibility index (Phi) is 7.70. The molecule has 0 radical (unpaired) electrons. The Balaban J connectivity index is 1.35. The zero-order valence-corrected chi connectivity index (χ0v) is 20.0. The average Bonchev–Trinajstić information content (AvgIpc) is 3.16. The van der Waals surface area contributed by atoms with E-state index in [1.165, 1.54) is 0 Å². The monoisotopic (exact) mass is 480 g/mol. The quantitative estimate of drug-likeness (QED) is 0.533. The Morgan fingerprint density at radius 2 is 1.69 bits per heavy atom. The first kappa shape index (κ1) is 24.7. The van der Waals surface area contributed by atoms with Crippen LogP contribution in [-0.2, 0) is 19.1 Å². The SMILES string of the molecule is CC(C)C(NC(=O)CC1COCCC1NC(=O)OCC1c2ccccc2-c2ccccc21)C(=O)O. The third-order valence-electron chi connectivity index (χ3n) is 6.82. The molecule has 1 heterocycles. The van der Waals surface area contributed by atoms with Crippen LogP contribution in [0.2, 0.25) is 0 Å². The lowest BCUT2D eigenvalue weighted by Crippen LogP contribution is -2.49. The first-order valence-electron chi connectivity index (χ1n) is 12.1. The summed E-state index contributed by atoms with van der Waals surface area (Å²) in [5, 5.41) is 14.8. The minimum Gasteiger partial charge on any atom is -0.480 e. The molecule has 1 saturated heterocycles. The average molecular weight is 481 g/mol. The van der Waals surface area contributed by atoms with E-state index in [0.29, 0.717) is 19.6 Å². The van der Waals surface area contributed by atoms with Gasteiger partial charge in [0.2, 0.25) is 5.91 Å². The predicted octanol–water partition coefficient (Wildman–Crippen LogP) is 3.55. The molecule has 0 spiro atoms. The zero-order valence-electron chi connectivity index (χ0n) is 20.0. The van der Waals surface area contributed by atoms with Crippen LogP contribution in [-0.4, -0.2) is 55.0 Å². The summed E-state index contributed by atoms with van der Waals surface area (Å²) in [6.07, 6.45) is 0.0780. The first-order chi connectivity index (χ1) is 16.8. The zero-order chi connectivity index (χ0) is 24.9. The summed E-state index contributed by atoms with van der Waals surface area (Å²) in [6, 6.07) is 15.0. The van der Waals surface area contributed by atoms with Gasteiger partial charge in [-0.05, 0) is 34.6 Å². The van der Waals surface area contributed by atoms with Crippen LogP contribution in [0.1, 0.15) is 43.7 Å². The van der Waals surface area contributed by atoms with Gasteiger partial charge in [0.05, 0.1) is 6.61 Å². The Bertz CT molecular complexity index is 1040. The molecule has 0 aromatic heterocycles. The molecule has 1 aliphatic carbocycles. The van der Waals surface area contributed by atoms with Gasteiger partial charge in [0, 0.05) is 30.9 Å². The summed E-state index contributed by atoms with van der Waals surface area (Å²) in [4.78, 5) is 36.6. The lowest BCUT2D eigenvalue weighted by molar-refractivity contribution is -0.143. The summed E-state index contributed by atoms with van der Waals surface area (Å²) in [6.45, 7) is 4.47. The minimum absolute atomic E-state index is 0.0339. The van der Waals surface area contributed by atoms with Crippen molar-refractivity contribution in [2.75, 3.05) is 19.8 Å². The summed E-state index contributed by atoms with van der Waals surface area (Å²) in [7, 11) is 0. The molecule has 3 atom stereocenters. The third-order valence-corrected chi connectivity index (χ3v) is 6.82. The summed E-state index contributed by atoms with van der Waals surface area (Å²) in [5.41, 5.74) is 4.60. The molecule has 1 fully saturated rings. The van der Waals surface area contributed by atoms with E-state index in [1.807, 2.05) is 24.3 Å². The van der Waals surface area contributed by atoms with Gasteiger partial charge in [-0.25, -0.2) is 9.59 Å². The summed E-state index contributed by atoms with van der Waals surface area (Å²) in [5.74, 6) is -1.99. The van der Waals surface area contributed by atoms with Crippen LogP contribution in [0.3, 0.4) is 0 Å². The van der Waals surface area contributed by atoms with Crippen molar-refractivity contribution in [1.29, 1.82) is 0 Å². The molecule has 1 aliphatic heterocycles. The number of fused-ring (bicyclic) bond motifs is 3. The number of hydrogen-bond acceptors (Lipinski definition) is 5. The van der Waals surface area contributed by atoms with Crippen molar-refractivity contribution in [2.45, 2.75) is 44.7 Å². The van der Waals surface area contributed by atoms with Crippen LogP contribution >= 0.6 is 0 Å². The number of carbonyl (C=O) groups excluding carboxylic acids is 2. The van der Waals surface area contributed by atoms with E-state index in [-0.39, 0.29) is 42.7 Å². The standard InChI is InChI=1S/C27H32N2O6/c1-16(2)25(26(31)32)29-24(30)13-17-14-34-12-11-23(17)28-27(33)35-15-22-20-9-5-3-7-18(20)19-8-4-6-10-21(19)22/h3-10,16-17,22-23,25H,11-15H2,1-2H3,(H,28,33)(H,29,30)(H,31,32). The minimum atomic E-state index is -1.07. The number of nitrogens with one attached hydrogen (secondary N) is 2. The highest BCUT2D eigenvalue weighted by Gasteiger charge is 2.33. The largest absolute Gasteiger partial charge is 0.480 e. The van der Waals surface area contributed by atoms with Crippen molar-refractivity contribution in [3.05, 3.63) is 59.7 Å². The van der Waals surface area contributed by atoms with Crippen molar-refractivity contribution in [3.8, 4) is 11.1 Å². The topological polar surface area (TPSA) is 114 Å². The van der Waals surface area contributed by atoms with Gasteiger partial charge < -0.3 is 25.2 Å². The van der Waals surface area contributed by atoms with E-state index in [9.17, 15) is 19.5 Å². The second-order valence-corrected chi connectivity index (χ2v) is 9.53. The van der Waals surface area contributed by atoms with Crippen LogP contribution in [0, 0.1) is 11.8 Å².